The molecule has 0 fully saturated rings. The standard InChI is InChI=1S/C28H18N2S/c1-3-11-19(12-4-1)21-15-7-8-16-22(21)25-27-26(23-17-9-10-18-24(23)31-27)30-28(29-25)20-13-5-2-6-14-20/h1-18H. The van der Waals surface area contributed by atoms with Crippen molar-refractivity contribution >= 4 is 31.6 Å². The molecule has 0 radical (unpaired) electrons. The third kappa shape index (κ3) is 3.11. The fourth-order valence-corrected chi connectivity index (χ4v) is 5.19. The Labute approximate surface area is 184 Å². The number of nitrogens with zero attached hydrogens (tertiary/aromatic N) is 2. The van der Waals surface area contributed by atoms with Crippen molar-refractivity contribution in [2.24, 2.45) is 0 Å². The van der Waals surface area contributed by atoms with Gasteiger partial charge in [-0.3, -0.25) is 0 Å². The summed E-state index contributed by atoms with van der Waals surface area (Å²) in [5, 5.41) is 1.18. The Hall–Kier alpha value is -3.82. The predicted octanol–water partition coefficient (Wildman–Crippen LogP) is 7.85. The van der Waals surface area contributed by atoms with Gasteiger partial charge in [0.1, 0.15) is 0 Å². The molecule has 2 heterocycles. The zero-order valence-corrected chi connectivity index (χ0v) is 17.5. The van der Waals surface area contributed by atoms with Crippen molar-refractivity contribution in [2.45, 2.75) is 0 Å². The minimum Gasteiger partial charge on any atom is -0.226 e. The van der Waals surface area contributed by atoms with Crippen LogP contribution in [-0.4, -0.2) is 9.97 Å². The third-order valence-electron chi connectivity index (χ3n) is 5.52. The van der Waals surface area contributed by atoms with Crippen molar-refractivity contribution in [1.29, 1.82) is 0 Å². The highest BCUT2D eigenvalue weighted by molar-refractivity contribution is 7.26. The fraction of sp³-hybridized carbons (Fsp3) is 0. The highest BCUT2D eigenvalue weighted by atomic mass is 32.1. The summed E-state index contributed by atoms with van der Waals surface area (Å²) in [6.45, 7) is 0. The van der Waals surface area contributed by atoms with Gasteiger partial charge in [-0.25, -0.2) is 9.97 Å². The molecule has 0 aliphatic heterocycles. The van der Waals surface area contributed by atoms with Crippen LogP contribution in [0.3, 0.4) is 0 Å². The molecule has 146 valence electrons. The lowest BCUT2D eigenvalue weighted by molar-refractivity contribution is 1.24. The summed E-state index contributed by atoms with van der Waals surface area (Å²) in [7, 11) is 0. The third-order valence-corrected chi connectivity index (χ3v) is 6.69. The van der Waals surface area contributed by atoms with Gasteiger partial charge in [0, 0.05) is 21.2 Å². The van der Waals surface area contributed by atoms with Gasteiger partial charge in [0.05, 0.1) is 15.9 Å². The summed E-state index contributed by atoms with van der Waals surface area (Å²) in [6, 6.07) is 37.8. The SMILES string of the molecule is c1ccc(-c2nc(-c3ccccc3-c3ccccc3)c3sc4ccccc4c3n2)cc1. The van der Waals surface area contributed by atoms with E-state index in [4.69, 9.17) is 9.97 Å². The van der Waals surface area contributed by atoms with Crippen LogP contribution >= 0.6 is 11.3 Å². The number of thiophene rings is 1. The number of hydrogen-bond donors (Lipinski definition) is 0. The molecule has 6 aromatic rings. The molecule has 0 N–H and O–H groups in total. The second-order valence-corrected chi connectivity index (χ2v) is 8.50. The van der Waals surface area contributed by atoms with Crippen molar-refractivity contribution in [3.05, 3.63) is 109 Å². The highest BCUT2D eigenvalue weighted by Gasteiger charge is 2.18. The van der Waals surface area contributed by atoms with Crippen LogP contribution in [0.25, 0.3) is 54.1 Å². The van der Waals surface area contributed by atoms with E-state index < -0.39 is 0 Å². The molecule has 2 nitrogen and oxygen atoms in total. The number of rotatable bonds is 3. The molecule has 0 amide bonds. The van der Waals surface area contributed by atoms with Gasteiger partial charge < -0.3 is 0 Å². The second kappa shape index (κ2) is 7.46. The van der Waals surface area contributed by atoms with Gasteiger partial charge in [-0.1, -0.05) is 103 Å². The van der Waals surface area contributed by atoms with Gasteiger partial charge in [-0.05, 0) is 17.2 Å². The minimum atomic E-state index is 0.759. The molecule has 3 heteroatoms. The van der Waals surface area contributed by atoms with Crippen LogP contribution in [0.15, 0.2) is 109 Å². The summed E-state index contributed by atoms with van der Waals surface area (Å²) in [5.41, 5.74) is 6.53. The van der Waals surface area contributed by atoms with E-state index in [1.165, 1.54) is 21.2 Å². The van der Waals surface area contributed by atoms with E-state index in [0.29, 0.717) is 0 Å². The zero-order chi connectivity index (χ0) is 20.6. The van der Waals surface area contributed by atoms with E-state index in [-0.39, 0.29) is 0 Å². The molecule has 0 atom stereocenters. The molecule has 0 unspecified atom stereocenters. The second-order valence-electron chi connectivity index (χ2n) is 7.45. The molecule has 0 aliphatic carbocycles. The normalized spacial score (nSPS) is 11.2. The van der Waals surface area contributed by atoms with Gasteiger partial charge in [0.25, 0.3) is 0 Å². The number of aromatic nitrogens is 2. The van der Waals surface area contributed by atoms with E-state index in [2.05, 4.69) is 91.0 Å². The summed E-state index contributed by atoms with van der Waals surface area (Å²) >= 11 is 1.77. The van der Waals surface area contributed by atoms with Crippen molar-refractivity contribution in [1.82, 2.24) is 9.97 Å². The summed E-state index contributed by atoms with van der Waals surface area (Å²) in [5.74, 6) is 0.759. The molecule has 31 heavy (non-hydrogen) atoms. The average Bonchev–Trinajstić information content (AvgIpc) is 3.23. The monoisotopic (exact) mass is 414 g/mol. The van der Waals surface area contributed by atoms with Gasteiger partial charge in [0.15, 0.2) is 5.82 Å². The first-order chi connectivity index (χ1) is 15.4. The molecule has 6 rings (SSSR count). The molecular weight excluding hydrogens is 396 g/mol. The van der Waals surface area contributed by atoms with Crippen LogP contribution in [-0.2, 0) is 0 Å². The largest absolute Gasteiger partial charge is 0.226 e. The van der Waals surface area contributed by atoms with Gasteiger partial charge in [-0.15, -0.1) is 11.3 Å². The van der Waals surface area contributed by atoms with Crippen LogP contribution < -0.4 is 0 Å². The number of fused-ring (bicyclic) bond motifs is 3. The highest BCUT2D eigenvalue weighted by Crippen LogP contribution is 2.41. The van der Waals surface area contributed by atoms with Crippen LogP contribution in [0.4, 0.5) is 0 Å². The number of benzene rings is 4. The Balaban J connectivity index is 1.71. The Morgan fingerprint density at radius 3 is 1.90 bits per heavy atom. The number of hydrogen-bond acceptors (Lipinski definition) is 3. The van der Waals surface area contributed by atoms with Crippen LogP contribution in [0.5, 0.6) is 0 Å². The lowest BCUT2D eigenvalue weighted by Crippen LogP contribution is -1.95. The first-order valence-corrected chi connectivity index (χ1v) is 11.1. The fourth-order valence-electron chi connectivity index (χ4n) is 4.05. The van der Waals surface area contributed by atoms with E-state index in [9.17, 15) is 0 Å². The van der Waals surface area contributed by atoms with Crippen LogP contribution in [0.2, 0.25) is 0 Å². The maximum absolute atomic E-state index is 5.12. The van der Waals surface area contributed by atoms with E-state index in [1.54, 1.807) is 11.3 Å². The molecule has 0 bridgehead atoms. The topological polar surface area (TPSA) is 25.8 Å². The molecule has 0 spiro atoms. The van der Waals surface area contributed by atoms with Crippen molar-refractivity contribution in [2.75, 3.05) is 0 Å². The minimum absolute atomic E-state index is 0.759. The van der Waals surface area contributed by atoms with E-state index in [1.807, 2.05) is 18.2 Å². The Kier molecular flexibility index (Phi) is 4.33. The molecule has 4 aromatic carbocycles. The maximum Gasteiger partial charge on any atom is 0.160 e. The molecule has 2 aromatic heterocycles. The smallest absolute Gasteiger partial charge is 0.160 e. The molecule has 0 saturated heterocycles. The Bertz CT molecular complexity index is 1520. The molecule has 0 saturated carbocycles. The van der Waals surface area contributed by atoms with Crippen LogP contribution in [0.1, 0.15) is 0 Å². The van der Waals surface area contributed by atoms with Crippen molar-refractivity contribution in [3.8, 4) is 33.8 Å². The predicted molar refractivity (Wildman–Crippen MR) is 131 cm³/mol. The van der Waals surface area contributed by atoms with Gasteiger partial charge in [0.2, 0.25) is 0 Å². The first kappa shape index (κ1) is 18.0. The van der Waals surface area contributed by atoms with Gasteiger partial charge in [-0.2, -0.15) is 0 Å². The Morgan fingerprint density at radius 2 is 1.13 bits per heavy atom. The van der Waals surface area contributed by atoms with Gasteiger partial charge >= 0.3 is 0 Å². The summed E-state index contributed by atoms with van der Waals surface area (Å²) < 4.78 is 2.36. The van der Waals surface area contributed by atoms with Crippen molar-refractivity contribution < 1.29 is 0 Å². The maximum atomic E-state index is 5.12. The zero-order valence-electron chi connectivity index (χ0n) is 16.7. The first-order valence-electron chi connectivity index (χ1n) is 10.3. The lowest BCUT2D eigenvalue weighted by Gasteiger charge is -2.12. The summed E-state index contributed by atoms with van der Waals surface area (Å²) in [6.07, 6.45) is 0. The Morgan fingerprint density at radius 1 is 0.516 bits per heavy atom. The lowest BCUT2D eigenvalue weighted by atomic mass is 9.97. The van der Waals surface area contributed by atoms with E-state index in [0.717, 1.165) is 32.9 Å². The van der Waals surface area contributed by atoms with Crippen LogP contribution in [0, 0.1) is 0 Å². The average molecular weight is 415 g/mol. The summed E-state index contributed by atoms with van der Waals surface area (Å²) in [4.78, 5) is 10.1. The molecular formula is C28H18N2S. The van der Waals surface area contributed by atoms with E-state index >= 15 is 0 Å². The van der Waals surface area contributed by atoms with Crippen molar-refractivity contribution in [3.63, 3.8) is 0 Å². The quantitative estimate of drug-likeness (QED) is 0.295. The molecule has 0 aliphatic rings.